The van der Waals surface area contributed by atoms with Gasteiger partial charge in [-0.15, -0.1) is 0 Å². The topological polar surface area (TPSA) is 103 Å². The van der Waals surface area contributed by atoms with Crippen molar-refractivity contribution in [3.8, 4) is 0 Å². The van der Waals surface area contributed by atoms with Gasteiger partial charge in [-0.05, 0) is 55.3 Å². The van der Waals surface area contributed by atoms with Crippen molar-refractivity contribution in [2.75, 3.05) is 35.8 Å². The Hall–Kier alpha value is -3.43. The van der Waals surface area contributed by atoms with Crippen molar-refractivity contribution in [3.05, 3.63) is 83.2 Å². The van der Waals surface area contributed by atoms with Crippen molar-refractivity contribution < 1.29 is 13.2 Å². The van der Waals surface area contributed by atoms with Gasteiger partial charge in [0.05, 0.1) is 16.3 Å². The Balaban J connectivity index is 1.64. The number of carbonyl (C=O) groups excluding carboxylic acids is 1. The molecule has 2 heterocycles. The number of aromatic nitrogens is 1. The van der Waals surface area contributed by atoms with E-state index in [1.54, 1.807) is 43.6 Å². The standard InChI is InChI=1S/C25H29N5O3S/c1-18-5-8-24(19(2)14-18)34(32,33)29-22-15-21(6-7-23(22)30-12-10-26-11-13-30)25(31)28-17-20-4-3-9-27-16-20/h3-9,14-16,26,29H,10-13,17H2,1-2H3,(H,28,31). The Kier molecular flexibility index (Phi) is 7.14. The Morgan fingerprint density at radius 3 is 2.59 bits per heavy atom. The highest BCUT2D eigenvalue weighted by atomic mass is 32.2. The number of rotatable bonds is 7. The number of nitrogens with zero attached hydrogens (tertiary/aromatic N) is 2. The molecule has 8 nitrogen and oxygen atoms in total. The number of anilines is 2. The number of carbonyl (C=O) groups is 1. The minimum Gasteiger partial charge on any atom is -0.367 e. The summed E-state index contributed by atoms with van der Waals surface area (Å²) in [5.74, 6) is -0.289. The number of pyridine rings is 1. The minimum atomic E-state index is -3.85. The lowest BCUT2D eigenvalue weighted by Gasteiger charge is -2.31. The van der Waals surface area contributed by atoms with E-state index in [1.807, 2.05) is 31.2 Å². The molecule has 34 heavy (non-hydrogen) atoms. The molecular formula is C25H29N5O3S. The van der Waals surface area contributed by atoms with Crippen molar-refractivity contribution in [1.82, 2.24) is 15.6 Å². The quantitative estimate of drug-likeness (QED) is 0.482. The molecule has 1 aromatic heterocycles. The van der Waals surface area contributed by atoms with Crippen LogP contribution in [0.4, 0.5) is 11.4 Å². The number of piperazine rings is 1. The van der Waals surface area contributed by atoms with E-state index in [2.05, 4.69) is 25.2 Å². The molecule has 3 aromatic rings. The van der Waals surface area contributed by atoms with E-state index in [1.165, 1.54) is 0 Å². The van der Waals surface area contributed by atoms with Crippen molar-refractivity contribution >= 4 is 27.3 Å². The number of nitrogens with one attached hydrogen (secondary N) is 3. The molecule has 1 aliphatic rings. The van der Waals surface area contributed by atoms with Crippen molar-refractivity contribution in [2.24, 2.45) is 0 Å². The fraction of sp³-hybridized carbons (Fsp3) is 0.280. The van der Waals surface area contributed by atoms with Crippen LogP contribution in [0.25, 0.3) is 0 Å². The lowest BCUT2D eigenvalue weighted by atomic mass is 10.1. The van der Waals surface area contributed by atoms with Crippen LogP contribution in [-0.2, 0) is 16.6 Å². The van der Waals surface area contributed by atoms with E-state index >= 15 is 0 Å². The summed E-state index contributed by atoms with van der Waals surface area (Å²) in [6.07, 6.45) is 3.37. The highest BCUT2D eigenvalue weighted by Gasteiger charge is 2.22. The Bertz CT molecular complexity index is 1270. The zero-order chi connectivity index (χ0) is 24.1. The van der Waals surface area contributed by atoms with E-state index in [9.17, 15) is 13.2 Å². The monoisotopic (exact) mass is 479 g/mol. The first-order chi connectivity index (χ1) is 16.3. The second kappa shape index (κ2) is 10.2. The van der Waals surface area contributed by atoms with Gasteiger partial charge in [0.2, 0.25) is 0 Å². The van der Waals surface area contributed by atoms with E-state index in [0.29, 0.717) is 23.4 Å². The van der Waals surface area contributed by atoms with Crippen LogP contribution < -0.4 is 20.3 Å². The van der Waals surface area contributed by atoms with Crippen LogP contribution in [0.3, 0.4) is 0 Å². The van der Waals surface area contributed by atoms with Crippen LogP contribution in [0.2, 0.25) is 0 Å². The second-order valence-electron chi connectivity index (χ2n) is 8.39. The maximum absolute atomic E-state index is 13.3. The van der Waals surface area contributed by atoms with Crippen LogP contribution in [0, 0.1) is 13.8 Å². The van der Waals surface area contributed by atoms with Gasteiger partial charge in [0.25, 0.3) is 15.9 Å². The highest BCUT2D eigenvalue weighted by Crippen LogP contribution is 2.31. The summed E-state index contributed by atoms with van der Waals surface area (Å²) < 4.78 is 29.4. The summed E-state index contributed by atoms with van der Waals surface area (Å²) in [7, 11) is -3.85. The SMILES string of the molecule is Cc1ccc(S(=O)(=O)Nc2cc(C(=O)NCc3cccnc3)ccc2N2CCNCC2)c(C)c1. The van der Waals surface area contributed by atoms with Crippen molar-refractivity contribution in [3.63, 3.8) is 0 Å². The molecular weight excluding hydrogens is 450 g/mol. The minimum absolute atomic E-state index is 0.218. The molecule has 1 fully saturated rings. The Morgan fingerprint density at radius 2 is 1.88 bits per heavy atom. The third kappa shape index (κ3) is 5.55. The fourth-order valence-corrected chi connectivity index (χ4v) is 5.32. The molecule has 178 valence electrons. The Labute approximate surface area is 200 Å². The van der Waals surface area contributed by atoms with Gasteiger partial charge in [0.1, 0.15) is 0 Å². The number of hydrogen-bond donors (Lipinski definition) is 3. The molecule has 0 atom stereocenters. The number of hydrogen-bond acceptors (Lipinski definition) is 6. The summed E-state index contributed by atoms with van der Waals surface area (Å²) >= 11 is 0. The molecule has 0 unspecified atom stereocenters. The lowest BCUT2D eigenvalue weighted by Crippen LogP contribution is -2.43. The molecule has 1 saturated heterocycles. The number of aryl methyl sites for hydroxylation is 2. The summed E-state index contributed by atoms with van der Waals surface area (Å²) in [6, 6.07) is 14.1. The fourth-order valence-electron chi connectivity index (χ4n) is 4.03. The third-order valence-corrected chi connectivity index (χ3v) is 7.28. The van der Waals surface area contributed by atoms with Crippen molar-refractivity contribution in [1.29, 1.82) is 0 Å². The van der Waals surface area contributed by atoms with E-state index in [0.717, 1.165) is 43.0 Å². The van der Waals surface area contributed by atoms with E-state index < -0.39 is 10.0 Å². The van der Waals surface area contributed by atoms with Gasteiger partial charge in [-0.1, -0.05) is 23.8 Å². The summed E-state index contributed by atoms with van der Waals surface area (Å²) in [5.41, 5.74) is 4.05. The summed E-state index contributed by atoms with van der Waals surface area (Å²) in [6.45, 7) is 7.12. The first-order valence-electron chi connectivity index (χ1n) is 11.2. The maximum Gasteiger partial charge on any atom is 0.262 e. The summed E-state index contributed by atoms with van der Waals surface area (Å²) in [5, 5.41) is 6.17. The van der Waals surface area contributed by atoms with E-state index in [-0.39, 0.29) is 10.8 Å². The zero-order valence-corrected chi connectivity index (χ0v) is 20.2. The maximum atomic E-state index is 13.3. The molecule has 0 aliphatic carbocycles. The van der Waals surface area contributed by atoms with Gasteiger partial charge in [0, 0.05) is 50.7 Å². The smallest absolute Gasteiger partial charge is 0.262 e. The van der Waals surface area contributed by atoms with Gasteiger partial charge >= 0.3 is 0 Å². The number of benzene rings is 2. The second-order valence-corrected chi connectivity index (χ2v) is 10.0. The van der Waals surface area contributed by atoms with Gasteiger partial charge in [0.15, 0.2) is 0 Å². The molecule has 9 heteroatoms. The van der Waals surface area contributed by atoms with Gasteiger partial charge < -0.3 is 15.5 Å². The molecule has 4 rings (SSSR count). The lowest BCUT2D eigenvalue weighted by molar-refractivity contribution is 0.0951. The molecule has 3 N–H and O–H groups in total. The molecule has 0 radical (unpaired) electrons. The molecule has 0 spiro atoms. The average Bonchev–Trinajstić information content (AvgIpc) is 2.83. The highest BCUT2D eigenvalue weighted by molar-refractivity contribution is 7.92. The van der Waals surface area contributed by atoms with Crippen LogP contribution in [0.15, 0.2) is 65.8 Å². The normalized spacial score (nSPS) is 14.0. The molecule has 0 bridgehead atoms. The van der Waals surface area contributed by atoms with Crippen LogP contribution in [-0.4, -0.2) is 45.5 Å². The van der Waals surface area contributed by atoms with E-state index in [4.69, 9.17) is 0 Å². The first kappa shape index (κ1) is 23.7. The van der Waals surface area contributed by atoms with Crippen molar-refractivity contribution in [2.45, 2.75) is 25.3 Å². The van der Waals surface area contributed by atoms with Crippen LogP contribution in [0.5, 0.6) is 0 Å². The predicted octanol–water partition coefficient (Wildman–Crippen LogP) is 2.84. The summed E-state index contributed by atoms with van der Waals surface area (Å²) in [4.78, 5) is 19.2. The molecule has 2 aromatic carbocycles. The van der Waals surface area contributed by atoms with Gasteiger partial charge in [-0.3, -0.25) is 14.5 Å². The van der Waals surface area contributed by atoms with Crippen LogP contribution in [0.1, 0.15) is 27.0 Å². The molecule has 1 amide bonds. The van der Waals surface area contributed by atoms with Gasteiger partial charge in [-0.25, -0.2) is 8.42 Å². The number of sulfonamides is 1. The van der Waals surface area contributed by atoms with Gasteiger partial charge in [-0.2, -0.15) is 0 Å². The zero-order valence-electron chi connectivity index (χ0n) is 19.3. The predicted molar refractivity (Wildman–Crippen MR) is 134 cm³/mol. The number of amides is 1. The van der Waals surface area contributed by atoms with Crippen LogP contribution >= 0.6 is 0 Å². The first-order valence-corrected chi connectivity index (χ1v) is 12.7. The molecule has 0 saturated carbocycles. The Morgan fingerprint density at radius 1 is 1.09 bits per heavy atom. The largest absolute Gasteiger partial charge is 0.367 e. The average molecular weight is 480 g/mol. The third-order valence-electron chi connectivity index (χ3n) is 5.76. The molecule has 1 aliphatic heterocycles.